The van der Waals surface area contributed by atoms with Gasteiger partial charge in [0, 0.05) is 17.8 Å². The number of carbonyl (C=O) groups is 2. The predicted octanol–water partition coefficient (Wildman–Crippen LogP) is 2.79. The minimum Gasteiger partial charge on any atom is -0.465 e. The molecule has 1 atom stereocenters. The van der Waals surface area contributed by atoms with Gasteiger partial charge in [0.1, 0.15) is 6.04 Å². The summed E-state index contributed by atoms with van der Waals surface area (Å²) < 4.78 is 30.6. The number of nitro groups is 1. The highest BCUT2D eigenvalue weighted by molar-refractivity contribution is 7.92. The van der Waals surface area contributed by atoms with Crippen LogP contribution < -0.4 is 9.62 Å². The maximum Gasteiger partial charge on any atom is 0.337 e. The lowest BCUT2D eigenvalue weighted by Crippen LogP contribution is -2.45. The minimum absolute atomic E-state index is 0.0272. The summed E-state index contributed by atoms with van der Waals surface area (Å²) in [5.41, 5.74) is 1.34. The number of aryl methyl sites for hydroxylation is 2. The molecule has 11 heteroatoms. The fourth-order valence-electron chi connectivity index (χ4n) is 2.97. The molecule has 0 radical (unpaired) electrons. The van der Waals surface area contributed by atoms with Gasteiger partial charge in [0.25, 0.3) is 5.69 Å². The molecule has 0 saturated carbocycles. The quantitative estimate of drug-likeness (QED) is 0.390. The van der Waals surface area contributed by atoms with Crippen LogP contribution in [0, 0.1) is 24.0 Å². The molecule has 1 N–H and O–H groups in total. The Labute approximate surface area is 180 Å². The Morgan fingerprint density at radius 3 is 2.29 bits per heavy atom. The molecule has 0 aliphatic rings. The Morgan fingerprint density at radius 2 is 1.74 bits per heavy atom. The van der Waals surface area contributed by atoms with Crippen molar-refractivity contribution in [3.63, 3.8) is 0 Å². The number of amides is 1. The molecule has 0 bridgehead atoms. The summed E-state index contributed by atoms with van der Waals surface area (Å²) in [6.07, 6.45) is 0.915. The first-order valence-electron chi connectivity index (χ1n) is 9.11. The van der Waals surface area contributed by atoms with Crippen molar-refractivity contribution in [3.05, 3.63) is 63.2 Å². The van der Waals surface area contributed by atoms with E-state index in [1.807, 2.05) is 0 Å². The summed E-state index contributed by atoms with van der Waals surface area (Å²) in [6.45, 7) is 4.67. The van der Waals surface area contributed by atoms with Gasteiger partial charge in [0.15, 0.2) is 0 Å². The number of sulfonamides is 1. The van der Waals surface area contributed by atoms with E-state index in [-0.39, 0.29) is 16.9 Å². The smallest absolute Gasteiger partial charge is 0.337 e. The molecular formula is C20H23N3O7S. The van der Waals surface area contributed by atoms with Crippen LogP contribution in [0.25, 0.3) is 0 Å². The molecule has 0 unspecified atom stereocenters. The van der Waals surface area contributed by atoms with Crippen LogP contribution in [0.2, 0.25) is 0 Å². The van der Waals surface area contributed by atoms with Crippen LogP contribution in [0.15, 0.2) is 36.4 Å². The van der Waals surface area contributed by atoms with E-state index >= 15 is 0 Å². The monoisotopic (exact) mass is 449 g/mol. The van der Waals surface area contributed by atoms with Gasteiger partial charge in [-0.05, 0) is 44.0 Å². The Hall–Kier alpha value is -3.47. The lowest BCUT2D eigenvalue weighted by atomic mass is 10.1. The molecule has 0 aromatic heterocycles. The number of benzene rings is 2. The number of carbonyl (C=O) groups excluding carboxylic acids is 2. The molecule has 0 heterocycles. The van der Waals surface area contributed by atoms with E-state index in [9.17, 15) is 28.1 Å². The number of anilines is 2. The SMILES string of the molecule is COC(=O)c1ccc(C)c(NC(=O)[C@H](C)N(c2cc([N+](=O)[O-])ccc2C)S(C)(=O)=O)c1. The third kappa shape index (κ3) is 5.37. The minimum atomic E-state index is -3.98. The van der Waals surface area contributed by atoms with Crippen molar-refractivity contribution in [1.29, 1.82) is 0 Å². The zero-order chi connectivity index (χ0) is 23.5. The highest BCUT2D eigenvalue weighted by Crippen LogP contribution is 2.30. The number of hydrogen-bond acceptors (Lipinski definition) is 7. The van der Waals surface area contributed by atoms with E-state index < -0.39 is 32.9 Å². The van der Waals surface area contributed by atoms with Crippen LogP contribution >= 0.6 is 0 Å². The summed E-state index contributed by atoms with van der Waals surface area (Å²) in [6, 6.07) is 7.13. The standard InChI is InChI=1S/C20H23N3O7S/c1-12-6-8-15(20(25)30-4)10-17(12)21-19(24)14(3)22(31(5,28)29)18-11-16(23(26)27)9-7-13(18)2/h6-11,14H,1-5H3,(H,21,24)/t14-/m0/s1. The number of rotatable bonds is 7. The first kappa shape index (κ1) is 23.8. The molecule has 2 aromatic carbocycles. The van der Waals surface area contributed by atoms with E-state index in [1.165, 1.54) is 38.3 Å². The van der Waals surface area contributed by atoms with Crippen LogP contribution in [-0.4, -0.2) is 44.6 Å². The van der Waals surface area contributed by atoms with Crippen LogP contribution in [0.4, 0.5) is 17.1 Å². The second-order valence-electron chi connectivity index (χ2n) is 6.97. The first-order valence-corrected chi connectivity index (χ1v) is 11.0. The lowest BCUT2D eigenvalue weighted by molar-refractivity contribution is -0.384. The molecule has 0 saturated heterocycles. The van der Waals surface area contributed by atoms with Crippen LogP contribution in [-0.2, 0) is 19.6 Å². The molecule has 10 nitrogen and oxygen atoms in total. The number of esters is 1. The van der Waals surface area contributed by atoms with E-state index in [2.05, 4.69) is 10.1 Å². The van der Waals surface area contributed by atoms with Gasteiger partial charge in [-0.25, -0.2) is 13.2 Å². The molecule has 166 valence electrons. The maximum absolute atomic E-state index is 12.9. The number of non-ortho nitro benzene ring substituents is 1. The lowest BCUT2D eigenvalue weighted by Gasteiger charge is -2.29. The summed E-state index contributed by atoms with van der Waals surface area (Å²) in [5.74, 6) is -1.27. The average molecular weight is 449 g/mol. The van der Waals surface area contributed by atoms with Crippen molar-refractivity contribution in [2.75, 3.05) is 23.0 Å². The third-order valence-corrected chi connectivity index (χ3v) is 5.87. The van der Waals surface area contributed by atoms with Gasteiger partial charge in [-0.2, -0.15) is 0 Å². The van der Waals surface area contributed by atoms with Crippen molar-refractivity contribution >= 4 is 39.0 Å². The second-order valence-corrected chi connectivity index (χ2v) is 8.83. The third-order valence-electron chi connectivity index (χ3n) is 4.65. The fraction of sp³-hybridized carbons (Fsp3) is 0.300. The predicted molar refractivity (Wildman–Crippen MR) is 116 cm³/mol. The van der Waals surface area contributed by atoms with E-state index in [0.717, 1.165) is 16.6 Å². The fourth-order valence-corrected chi connectivity index (χ4v) is 4.19. The Morgan fingerprint density at radius 1 is 1.13 bits per heavy atom. The van der Waals surface area contributed by atoms with Gasteiger partial charge < -0.3 is 10.1 Å². The van der Waals surface area contributed by atoms with Crippen LogP contribution in [0.3, 0.4) is 0 Å². The number of methoxy groups -OCH3 is 1. The Bertz CT molecular complexity index is 1150. The molecule has 2 rings (SSSR count). The summed E-state index contributed by atoms with van der Waals surface area (Å²) in [4.78, 5) is 35.2. The van der Waals surface area contributed by atoms with E-state index in [1.54, 1.807) is 19.9 Å². The van der Waals surface area contributed by atoms with Gasteiger partial charge in [-0.1, -0.05) is 12.1 Å². The maximum atomic E-state index is 12.9. The zero-order valence-corrected chi connectivity index (χ0v) is 18.5. The first-order chi connectivity index (χ1) is 14.4. The number of nitro benzene ring substituents is 1. The van der Waals surface area contributed by atoms with Gasteiger partial charge in [-0.3, -0.25) is 19.2 Å². The normalized spacial score (nSPS) is 12.0. The molecule has 0 fully saturated rings. The summed E-state index contributed by atoms with van der Waals surface area (Å²) in [5, 5.41) is 13.8. The summed E-state index contributed by atoms with van der Waals surface area (Å²) in [7, 11) is -2.75. The highest BCUT2D eigenvalue weighted by Gasteiger charge is 2.31. The topological polar surface area (TPSA) is 136 Å². The van der Waals surface area contributed by atoms with E-state index in [4.69, 9.17) is 0 Å². The zero-order valence-electron chi connectivity index (χ0n) is 17.7. The van der Waals surface area contributed by atoms with Gasteiger partial charge in [0.2, 0.25) is 15.9 Å². The van der Waals surface area contributed by atoms with Gasteiger partial charge >= 0.3 is 5.97 Å². The number of hydrogen-bond donors (Lipinski definition) is 1. The van der Waals surface area contributed by atoms with Crippen molar-refractivity contribution in [2.24, 2.45) is 0 Å². The Balaban J connectivity index is 2.45. The average Bonchev–Trinajstić information content (AvgIpc) is 2.69. The number of ether oxygens (including phenoxy) is 1. The second kappa shape index (κ2) is 9.13. The largest absolute Gasteiger partial charge is 0.465 e. The molecule has 2 aromatic rings. The highest BCUT2D eigenvalue weighted by atomic mass is 32.2. The van der Waals surface area contributed by atoms with Crippen molar-refractivity contribution < 1.29 is 27.7 Å². The molecule has 1 amide bonds. The van der Waals surface area contributed by atoms with Crippen molar-refractivity contribution in [2.45, 2.75) is 26.8 Å². The molecular weight excluding hydrogens is 426 g/mol. The summed E-state index contributed by atoms with van der Waals surface area (Å²) >= 11 is 0. The van der Waals surface area contributed by atoms with Crippen molar-refractivity contribution in [3.8, 4) is 0 Å². The Kier molecular flexibility index (Phi) is 7.01. The van der Waals surface area contributed by atoms with E-state index in [0.29, 0.717) is 16.8 Å². The van der Waals surface area contributed by atoms with Crippen LogP contribution in [0.5, 0.6) is 0 Å². The number of nitrogens with one attached hydrogen (secondary N) is 1. The molecule has 0 aliphatic heterocycles. The van der Waals surface area contributed by atoms with Crippen LogP contribution in [0.1, 0.15) is 28.4 Å². The van der Waals surface area contributed by atoms with Gasteiger partial charge in [0.05, 0.1) is 29.5 Å². The molecule has 31 heavy (non-hydrogen) atoms. The van der Waals surface area contributed by atoms with Crippen molar-refractivity contribution in [1.82, 2.24) is 0 Å². The molecule has 0 aliphatic carbocycles. The number of nitrogens with zero attached hydrogens (tertiary/aromatic N) is 2. The molecule has 0 spiro atoms. The van der Waals surface area contributed by atoms with Gasteiger partial charge in [-0.15, -0.1) is 0 Å².